The summed E-state index contributed by atoms with van der Waals surface area (Å²) in [5, 5.41) is 0.869. The molecule has 3 aromatic carbocycles. The van der Waals surface area contributed by atoms with Crippen LogP contribution in [0.1, 0.15) is 34.3 Å². The van der Waals surface area contributed by atoms with Crippen molar-refractivity contribution in [2.24, 2.45) is 0 Å². The molecule has 0 aliphatic heterocycles. The number of fused-ring (bicyclic) bond motifs is 1. The van der Waals surface area contributed by atoms with Crippen LogP contribution in [0.25, 0.3) is 10.2 Å². The zero-order chi connectivity index (χ0) is 23.9. The van der Waals surface area contributed by atoms with Crippen molar-refractivity contribution in [3.8, 4) is 5.75 Å². The number of benzene rings is 3. The summed E-state index contributed by atoms with van der Waals surface area (Å²) in [5.74, 6) is -0.456. The fourth-order valence-electron chi connectivity index (χ4n) is 3.24. The number of hydrogen-bond acceptors (Lipinski definition) is 6. The third-order valence-corrected chi connectivity index (χ3v) is 6.16. The van der Waals surface area contributed by atoms with Gasteiger partial charge in [-0.3, -0.25) is 25.2 Å². The summed E-state index contributed by atoms with van der Waals surface area (Å²) >= 11 is 1.55. The number of amides is 2. The number of hydrogen-bond donors (Lipinski definition) is 2. The molecule has 1 unspecified atom stereocenters. The van der Waals surface area contributed by atoms with E-state index in [1.165, 1.54) is 0 Å². The van der Waals surface area contributed by atoms with Crippen LogP contribution in [0.3, 0.4) is 0 Å². The second-order valence-electron chi connectivity index (χ2n) is 7.59. The van der Waals surface area contributed by atoms with Crippen LogP contribution in [0, 0.1) is 0 Å². The molecule has 7 nitrogen and oxygen atoms in total. The van der Waals surface area contributed by atoms with E-state index < -0.39 is 12.0 Å². The third-order valence-electron chi connectivity index (χ3n) is 5.06. The molecule has 0 spiro atoms. The van der Waals surface area contributed by atoms with E-state index in [2.05, 4.69) is 15.8 Å². The van der Waals surface area contributed by atoms with Crippen LogP contribution in [0.15, 0.2) is 78.9 Å². The monoisotopic (exact) mass is 473 g/mol. The van der Waals surface area contributed by atoms with Gasteiger partial charge in [-0.25, -0.2) is 4.98 Å². The van der Waals surface area contributed by atoms with Gasteiger partial charge < -0.3 is 4.74 Å². The van der Waals surface area contributed by atoms with Crippen molar-refractivity contribution < 1.29 is 19.1 Å². The van der Waals surface area contributed by atoms with Crippen LogP contribution < -0.4 is 15.6 Å². The van der Waals surface area contributed by atoms with Crippen LogP contribution in [-0.2, 0) is 16.0 Å². The molecule has 34 heavy (non-hydrogen) atoms. The number of rotatable bonds is 8. The summed E-state index contributed by atoms with van der Waals surface area (Å²) < 4.78 is 6.71. The molecule has 4 aromatic rings. The minimum atomic E-state index is -0.847. The maximum absolute atomic E-state index is 12.5. The zero-order valence-corrected chi connectivity index (χ0v) is 19.3. The molecular formula is C26H23N3O4S. The number of ether oxygens (including phenoxy) is 1. The van der Waals surface area contributed by atoms with Crippen LogP contribution in [-0.4, -0.2) is 28.7 Å². The van der Waals surface area contributed by atoms with Crippen molar-refractivity contribution in [2.75, 3.05) is 0 Å². The number of hydrazine groups is 1. The first-order valence-electron chi connectivity index (χ1n) is 10.8. The van der Waals surface area contributed by atoms with Crippen LogP contribution in [0.5, 0.6) is 5.75 Å². The second-order valence-corrected chi connectivity index (χ2v) is 8.71. The lowest BCUT2D eigenvalue weighted by molar-refractivity contribution is -0.132. The van der Waals surface area contributed by atoms with Crippen molar-refractivity contribution >= 4 is 39.2 Å². The van der Waals surface area contributed by atoms with Gasteiger partial charge in [-0.15, -0.1) is 11.3 Å². The van der Waals surface area contributed by atoms with E-state index in [-0.39, 0.29) is 18.1 Å². The molecule has 0 aliphatic rings. The molecule has 172 valence electrons. The first-order valence-corrected chi connectivity index (χ1v) is 11.6. The minimum Gasteiger partial charge on any atom is -0.481 e. The van der Waals surface area contributed by atoms with Gasteiger partial charge >= 0.3 is 0 Å². The molecule has 1 heterocycles. The van der Waals surface area contributed by atoms with Gasteiger partial charge in [0.15, 0.2) is 11.9 Å². The first kappa shape index (κ1) is 23.1. The third kappa shape index (κ3) is 5.85. The summed E-state index contributed by atoms with van der Waals surface area (Å²) in [4.78, 5) is 41.4. The highest BCUT2D eigenvalue weighted by Gasteiger charge is 2.16. The second kappa shape index (κ2) is 10.7. The number of para-hydroxylation sites is 1. The van der Waals surface area contributed by atoms with Gasteiger partial charge in [0.25, 0.3) is 5.91 Å². The summed E-state index contributed by atoms with van der Waals surface area (Å²) in [5.41, 5.74) is 6.83. The van der Waals surface area contributed by atoms with Crippen LogP contribution in [0.2, 0.25) is 0 Å². The molecule has 2 N–H and O–H groups in total. The number of aryl methyl sites for hydroxylation is 1. The Labute approximate surface area is 200 Å². The average molecular weight is 474 g/mol. The molecule has 0 radical (unpaired) electrons. The Hall–Kier alpha value is -4.04. The van der Waals surface area contributed by atoms with Gasteiger partial charge in [0.05, 0.1) is 15.2 Å². The van der Waals surface area contributed by atoms with Crippen molar-refractivity contribution in [1.82, 2.24) is 15.8 Å². The number of aromatic nitrogens is 1. The van der Waals surface area contributed by atoms with E-state index >= 15 is 0 Å². The largest absolute Gasteiger partial charge is 0.481 e. The zero-order valence-electron chi connectivity index (χ0n) is 18.5. The van der Waals surface area contributed by atoms with Crippen LogP contribution in [0.4, 0.5) is 0 Å². The van der Waals surface area contributed by atoms with Crippen molar-refractivity contribution in [2.45, 2.75) is 25.9 Å². The molecule has 2 amide bonds. The lowest BCUT2D eigenvalue weighted by Gasteiger charge is -2.15. The van der Waals surface area contributed by atoms with Gasteiger partial charge in [-0.2, -0.15) is 0 Å². The Morgan fingerprint density at radius 1 is 0.882 bits per heavy atom. The number of carbonyl (C=O) groups is 3. The standard InChI is InChI=1S/C26H23N3O4S/c1-17(33-20-13-11-19(12-14-20)25(31)18-7-3-2-4-8-18)26(32)29-28-23(30)15-16-24-27-21-9-5-6-10-22(21)34-24/h2-14,17H,15-16H2,1H3,(H,28,30)(H,29,32). The maximum atomic E-state index is 12.5. The average Bonchev–Trinajstić information content (AvgIpc) is 3.29. The van der Waals surface area contributed by atoms with Gasteiger partial charge in [0.2, 0.25) is 5.91 Å². The highest BCUT2D eigenvalue weighted by molar-refractivity contribution is 7.18. The maximum Gasteiger partial charge on any atom is 0.279 e. The van der Waals surface area contributed by atoms with E-state index in [1.54, 1.807) is 54.7 Å². The Bertz CT molecular complexity index is 1270. The molecule has 4 rings (SSSR count). The summed E-state index contributed by atoms with van der Waals surface area (Å²) in [6.07, 6.45) is -0.159. The molecule has 0 saturated carbocycles. The topological polar surface area (TPSA) is 97.4 Å². The van der Waals surface area contributed by atoms with Gasteiger partial charge in [-0.1, -0.05) is 42.5 Å². The molecular weight excluding hydrogens is 450 g/mol. The fraction of sp³-hybridized carbons (Fsp3) is 0.154. The van der Waals surface area contributed by atoms with Gasteiger partial charge in [0.1, 0.15) is 5.75 Å². The molecule has 0 saturated heterocycles. The van der Waals surface area contributed by atoms with E-state index in [9.17, 15) is 14.4 Å². The number of nitrogens with one attached hydrogen (secondary N) is 2. The molecule has 1 atom stereocenters. The van der Waals surface area contributed by atoms with E-state index in [0.717, 1.165) is 15.2 Å². The molecule has 8 heteroatoms. The Kier molecular flexibility index (Phi) is 7.29. The molecule has 1 aromatic heterocycles. The number of nitrogens with zero attached hydrogens (tertiary/aromatic N) is 1. The molecule has 0 bridgehead atoms. The highest BCUT2D eigenvalue weighted by Crippen LogP contribution is 2.22. The smallest absolute Gasteiger partial charge is 0.279 e. The lowest BCUT2D eigenvalue weighted by atomic mass is 10.0. The van der Waals surface area contributed by atoms with E-state index in [0.29, 0.717) is 23.3 Å². The predicted molar refractivity (Wildman–Crippen MR) is 131 cm³/mol. The van der Waals surface area contributed by atoms with Crippen molar-refractivity contribution in [1.29, 1.82) is 0 Å². The normalized spacial score (nSPS) is 11.6. The number of carbonyl (C=O) groups excluding carboxylic acids is 3. The Morgan fingerprint density at radius 3 is 2.29 bits per heavy atom. The summed E-state index contributed by atoms with van der Waals surface area (Å²) in [7, 11) is 0. The predicted octanol–water partition coefficient (Wildman–Crippen LogP) is 4.07. The fourth-order valence-corrected chi connectivity index (χ4v) is 4.21. The van der Waals surface area contributed by atoms with E-state index in [4.69, 9.17) is 4.74 Å². The lowest BCUT2D eigenvalue weighted by Crippen LogP contribution is -2.47. The molecule has 0 aliphatic carbocycles. The highest BCUT2D eigenvalue weighted by atomic mass is 32.1. The number of ketones is 1. The number of thiazole rings is 1. The molecule has 0 fully saturated rings. The first-order chi connectivity index (χ1) is 16.5. The quantitative estimate of drug-likeness (QED) is 0.297. The van der Waals surface area contributed by atoms with Gasteiger partial charge in [0, 0.05) is 24.0 Å². The Morgan fingerprint density at radius 2 is 1.56 bits per heavy atom. The van der Waals surface area contributed by atoms with Crippen molar-refractivity contribution in [3.05, 3.63) is 95.0 Å². The van der Waals surface area contributed by atoms with Gasteiger partial charge in [-0.05, 0) is 43.3 Å². The van der Waals surface area contributed by atoms with Crippen molar-refractivity contribution in [3.63, 3.8) is 0 Å². The summed E-state index contributed by atoms with van der Waals surface area (Å²) in [6, 6.07) is 23.4. The minimum absolute atomic E-state index is 0.0912. The summed E-state index contributed by atoms with van der Waals surface area (Å²) in [6.45, 7) is 1.58. The van der Waals surface area contributed by atoms with E-state index in [1.807, 2.05) is 42.5 Å². The SMILES string of the molecule is CC(Oc1ccc(C(=O)c2ccccc2)cc1)C(=O)NNC(=O)CCc1nc2ccccc2s1. The Balaban J connectivity index is 1.22. The van der Waals surface area contributed by atoms with Crippen LogP contribution >= 0.6 is 11.3 Å².